The third-order valence-corrected chi connectivity index (χ3v) is 8.02. The number of benzene rings is 1. The highest BCUT2D eigenvalue weighted by Gasteiger charge is 2.30. The van der Waals surface area contributed by atoms with E-state index in [1.165, 1.54) is 17.0 Å². The van der Waals surface area contributed by atoms with Crippen LogP contribution in [0.3, 0.4) is 0 Å². The van der Waals surface area contributed by atoms with Gasteiger partial charge in [0, 0.05) is 11.5 Å². The predicted octanol–water partition coefficient (Wildman–Crippen LogP) is 3.82. The number of carbonyl (C=O) groups excluding carboxylic acids is 1. The first kappa shape index (κ1) is 20.6. The molecule has 7 nitrogen and oxygen atoms in total. The fraction of sp³-hybridized carbons (Fsp3) is 0.292. The Morgan fingerprint density at radius 3 is 2.44 bits per heavy atom. The van der Waals surface area contributed by atoms with Crippen molar-refractivity contribution in [2.45, 2.75) is 32.1 Å². The van der Waals surface area contributed by atoms with Gasteiger partial charge in [-0.25, -0.2) is 13.4 Å². The standard InChI is InChI=1S/C24H24N4O3S/c1-15(29)21-22(19-10-12-32(30,31)13-11-19)27-24-20(14-26-28(24)23(21)25)18-8-6-17(7-9-18)16-4-2-3-5-16/h2,4-9,14,19H,3,10-13,25H2,1H3. The number of aromatic nitrogens is 3. The van der Waals surface area contributed by atoms with Crippen LogP contribution in [0.4, 0.5) is 5.82 Å². The summed E-state index contributed by atoms with van der Waals surface area (Å²) in [6.45, 7) is 1.46. The van der Waals surface area contributed by atoms with Crippen LogP contribution in [0.2, 0.25) is 0 Å². The largest absolute Gasteiger partial charge is 0.383 e. The van der Waals surface area contributed by atoms with Crippen molar-refractivity contribution >= 4 is 32.7 Å². The Morgan fingerprint density at radius 2 is 1.81 bits per heavy atom. The maximum Gasteiger partial charge on any atom is 0.165 e. The van der Waals surface area contributed by atoms with Gasteiger partial charge in [-0.2, -0.15) is 9.61 Å². The number of nitrogens with zero attached hydrogens (tertiary/aromatic N) is 3. The first-order valence-electron chi connectivity index (χ1n) is 10.7. The molecule has 1 aromatic carbocycles. The van der Waals surface area contributed by atoms with Crippen molar-refractivity contribution in [1.82, 2.24) is 14.6 Å². The van der Waals surface area contributed by atoms with Crippen molar-refractivity contribution in [1.29, 1.82) is 0 Å². The SMILES string of the molecule is CC(=O)c1c(C2CCS(=O)(=O)CC2)nc2c(-c3ccc(C4=CCC=C4)cc3)cnn2c1N. The zero-order valence-electron chi connectivity index (χ0n) is 17.8. The Bertz CT molecular complexity index is 1390. The number of fused-ring (bicyclic) bond motifs is 1. The third-order valence-electron chi connectivity index (χ3n) is 6.30. The minimum atomic E-state index is -3.03. The van der Waals surface area contributed by atoms with Crippen LogP contribution in [0.5, 0.6) is 0 Å². The molecule has 1 aliphatic carbocycles. The van der Waals surface area contributed by atoms with E-state index in [9.17, 15) is 13.2 Å². The Balaban J connectivity index is 1.61. The monoisotopic (exact) mass is 448 g/mol. The first-order valence-corrected chi connectivity index (χ1v) is 12.5. The van der Waals surface area contributed by atoms with Crippen LogP contribution in [0.15, 0.2) is 48.7 Å². The minimum Gasteiger partial charge on any atom is -0.383 e. The van der Waals surface area contributed by atoms with Gasteiger partial charge in [0.05, 0.1) is 29.0 Å². The van der Waals surface area contributed by atoms with E-state index in [1.807, 2.05) is 12.1 Å². The van der Waals surface area contributed by atoms with Crippen LogP contribution < -0.4 is 5.73 Å². The molecule has 2 aromatic heterocycles. The summed E-state index contributed by atoms with van der Waals surface area (Å²) in [5.74, 6) is 0.116. The van der Waals surface area contributed by atoms with Gasteiger partial charge >= 0.3 is 0 Å². The van der Waals surface area contributed by atoms with E-state index < -0.39 is 9.84 Å². The molecular weight excluding hydrogens is 424 g/mol. The van der Waals surface area contributed by atoms with Crippen molar-refractivity contribution in [3.05, 3.63) is 65.5 Å². The van der Waals surface area contributed by atoms with Gasteiger partial charge < -0.3 is 5.73 Å². The summed E-state index contributed by atoms with van der Waals surface area (Å²) in [6.07, 6.45) is 9.97. The normalized spacial score (nSPS) is 18.2. The number of hydrogen-bond acceptors (Lipinski definition) is 6. The second-order valence-corrected chi connectivity index (χ2v) is 10.7. The lowest BCUT2D eigenvalue weighted by molar-refractivity contribution is 0.101. The van der Waals surface area contributed by atoms with Gasteiger partial charge in [0.1, 0.15) is 15.7 Å². The molecule has 164 valence electrons. The first-order chi connectivity index (χ1) is 15.3. The molecule has 2 N–H and O–H groups in total. The molecule has 1 saturated heterocycles. The molecular formula is C24H24N4O3S. The van der Waals surface area contributed by atoms with E-state index in [0.29, 0.717) is 29.7 Å². The molecule has 1 aliphatic heterocycles. The Hall–Kier alpha value is -3.26. The number of carbonyl (C=O) groups is 1. The summed E-state index contributed by atoms with van der Waals surface area (Å²) < 4.78 is 25.3. The van der Waals surface area contributed by atoms with Crippen molar-refractivity contribution in [3.63, 3.8) is 0 Å². The molecule has 8 heteroatoms. The lowest BCUT2D eigenvalue weighted by Gasteiger charge is -2.24. The molecule has 0 atom stereocenters. The number of nitrogen functional groups attached to an aromatic ring is 1. The molecule has 0 unspecified atom stereocenters. The second-order valence-electron chi connectivity index (χ2n) is 8.41. The number of Topliss-reactive ketones (excluding diaryl/α,β-unsaturated/α-hetero) is 1. The van der Waals surface area contributed by atoms with Crippen LogP contribution >= 0.6 is 0 Å². The van der Waals surface area contributed by atoms with Crippen LogP contribution in [0, 0.1) is 0 Å². The van der Waals surface area contributed by atoms with Gasteiger partial charge in [0.25, 0.3) is 0 Å². The molecule has 0 bridgehead atoms. The third kappa shape index (κ3) is 3.54. The van der Waals surface area contributed by atoms with Crippen molar-refractivity contribution in [3.8, 4) is 11.1 Å². The van der Waals surface area contributed by atoms with Crippen LogP contribution in [0.1, 0.15) is 53.7 Å². The number of allylic oxidation sites excluding steroid dienone is 4. The minimum absolute atomic E-state index is 0.0969. The van der Waals surface area contributed by atoms with E-state index in [4.69, 9.17) is 10.7 Å². The fourth-order valence-corrected chi connectivity index (χ4v) is 6.06. The second kappa shape index (κ2) is 7.70. The zero-order valence-corrected chi connectivity index (χ0v) is 18.6. The summed E-state index contributed by atoms with van der Waals surface area (Å²) in [4.78, 5) is 17.3. The quantitative estimate of drug-likeness (QED) is 0.608. The Morgan fingerprint density at radius 1 is 1.12 bits per heavy atom. The van der Waals surface area contributed by atoms with Gasteiger partial charge in [-0.1, -0.05) is 42.5 Å². The Labute approximate surface area is 186 Å². The van der Waals surface area contributed by atoms with Crippen LogP contribution in [-0.4, -0.2) is 40.3 Å². The zero-order chi connectivity index (χ0) is 22.5. The van der Waals surface area contributed by atoms with Gasteiger partial charge in [0.2, 0.25) is 0 Å². The highest BCUT2D eigenvalue weighted by atomic mass is 32.2. The molecule has 0 spiro atoms. The maximum atomic E-state index is 12.5. The van der Waals surface area contributed by atoms with Crippen molar-refractivity contribution in [2.24, 2.45) is 0 Å². The lowest BCUT2D eigenvalue weighted by atomic mass is 9.93. The predicted molar refractivity (Wildman–Crippen MR) is 125 cm³/mol. The average molecular weight is 449 g/mol. The summed E-state index contributed by atoms with van der Waals surface area (Å²) in [7, 11) is -3.03. The summed E-state index contributed by atoms with van der Waals surface area (Å²) in [6, 6.07) is 8.20. The Kier molecular flexibility index (Phi) is 4.97. The molecule has 32 heavy (non-hydrogen) atoms. The van der Waals surface area contributed by atoms with Crippen molar-refractivity contribution in [2.75, 3.05) is 17.2 Å². The number of sulfone groups is 1. The van der Waals surface area contributed by atoms with E-state index in [-0.39, 0.29) is 29.0 Å². The highest BCUT2D eigenvalue weighted by molar-refractivity contribution is 7.91. The van der Waals surface area contributed by atoms with E-state index in [1.54, 1.807) is 6.20 Å². The molecule has 5 rings (SSSR count). The molecule has 3 aromatic rings. The van der Waals surface area contributed by atoms with E-state index in [0.717, 1.165) is 23.1 Å². The molecule has 1 fully saturated rings. The highest BCUT2D eigenvalue weighted by Crippen LogP contribution is 2.35. The summed E-state index contributed by atoms with van der Waals surface area (Å²) in [5.41, 5.74) is 12.0. The summed E-state index contributed by atoms with van der Waals surface area (Å²) in [5, 5.41) is 4.41. The molecule has 0 radical (unpaired) electrons. The average Bonchev–Trinajstić information content (AvgIpc) is 3.44. The van der Waals surface area contributed by atoms with E-state index >= 15 is 0 Å². The van der Waals surface area contributed by atoms with Gasteiger partial charge in [-0.15, -0.1) is 0 Å². The topological polar surface area (TPSA) is 107 Å². The summed E-state index contributed by atoms with van der Waals surface area (Å²) >= 11 is 0. The number of nitrogens with two attached hydrogens (primary N) is 1. The number of ketones is 1. The smallest absolute Gasteiger partial charge is 0.165 e. The maximum absolute atomic E-state index is 12.5. The van der Waals surface area contributed by atoms with Gasteiger partial charge in [-0.3, -0.25) is 4.79 Å². The number of hydrogen-bond donors (Lipinski definition) is 1. The molecule has 0 amide bonds. The number of anilines is 1. The fourth-order valence-electron chi connectivity index (χ4n) is 4.57. The van der Waals surface area contributed by atoms with Crippen LogP contribution in [0.25, 0.3) is 22.3 Å². The molecule has 0 saturated carbocycles. The van der Waals surface area contributed by atoms with Crippen molar-refractivity contribution < 1.29 is 13.2 Å². The van der Waals surface area contributed by atoms with Crippen LogP contribution in [-0.2, 0) is 9.84 Å². The van der Waals surface area contributed by atoms with Gasteiger partial charge in [0.15, 0.2) is 11.4 Å². The molecule has 2 aliphatic rings. The lowest BCUT2D eigenvalue weighted by Crippen LogP contribution is -2.25. The van der Waals surface area contributed by atoms with E-state index in [2.05, 4.69) is 35.5 Å². The van der Waals surface area contributed by atoms with Gasteiger partial charge in [-0.05, 0) is 42.9 Å². The number of rotatable bonds is 4. The molecule has 3 heterocycles.